The van der Waals surface area contributed by atoms with Crippen molar-refractivity contribution in [1.29, 1.82) is 0 Å². The van der Waals surface area contributed by atoms with Gasteiger partial charge < -0.3 is 9.52 Å². The van der Waals surface area contributed by atoms with Gasteiger partial charge in [-0.05, 0) is 36.4 Å². The highest BCUT2D eigenvalue weighted by Crippen LogP contribution is 2.18. The highest BCUT2D eigenvalue weighted by atomic mass is 35.5. The Balaban J connectivity index is 1.95. The van der Waals surface area contributed by atoms with E-state index in [1.807, 2.05) is 24.3 Å². The number of likely N-dealkylation sites (N-methyl/N-ethyl adjacent to an activating group) is 1. The van der Waals surface area contributed by atoms with Crippen molar-refractivity contribution in [1.82, 2.24) is 4.90 Å². The lowest BCUT2D eigenvalue weighted by atomic mass is 10.1. The highest BCUT2D eigenvalue weighted by Gasteiger charge is 2.13. The van der Waals surface area contributed by atoms with E-state index in [0.29, 0.717) is 18.1 Å². The normalized spacial score (nSPS) is 12.8. The molecule has 1 aromatic heterocycles. The molecule has 0 amide bonds. The predicted octanol–water partition coefficient (Wildman–Crippen LogP) is 3.49. The topological polar surface area (TPSA) is 36.6 Å². The van der Waals surface area contributed by atoms with Crippen LogP contribution in [0.3, 0.4) is 0 Å². The number of rotatable bonds is 6. The number of benzene rings is 1. The fourth-order valence-electron chi connectivity index (χ4n) is 1.96. The molecular weight excluding hydrogens is 262 g/mol. The first-order chi connectivity index (χ1) is 9.19. The third kappa shape index (κ3) is 4.10. The van der Waals surface area contributed by atoms with Crippen LogP contribution >= 0.6 is 11.6 Å². The lowest BCUT2D eigenvalue weighted by Crippen LogP contribution is -2.28. The Kier molecular flexibility index (Phi) is 5.02. The Morgan fingerprint density at radius 2 is 2.00 bits per heavy atom. The van der Waals surface area contributed by atoms with Crippen molar-refractivity contribution in [3.63, 3.8) is 0 Å². The smallest absolute Gasteiger partial charge is 0.117 e. The molecule has 1 heterocycles. The molecule has 0 aliphatic carbocycles. The van der Waals surface area contributed by atoms with E-state index in [9.17, 15) is 5.11 Å². The van der Waals surface area contributed by atoms with E-state index in [-0.39, 0.29) is 0 Å². The number of aliphatic hydroxyl groups excluding tert-OH is 1. The summed E-state index contributed by atoms with van der Waals surface area (Å²) in [4.78, 5) is 2.14. The van der Waals surface area contributed by atoms with Crippen LogP contribution in [0.25, 0.3) is 0 Å². The zero-order valence-corrected chi connectivity index (χ0v) is 11.7. The summed E-state index contributed by atoms with van der Waals surface area (Å²) in [5, 5.41) is 10.9. The monoisotopic (exact) mass is 279 g/mol. The molecule has 2 rings (SSSR count). The molecule has 0 aliphatic rings. The molecule has 3 nitrogen and oxygen atoms in total. The van der Waals surface area contributed by atoms with Crippen LogP contribution in [0, 0.1) is 0 Å². The molecule has 1 atom stereocenters. The van der Waals surface area contributed by atoms with Gasteiger partial charge in [-0.15, -0.1) is 0 Å². The molecule has 0 saturated heterocycles. The molecule has 0 fully saturated rings. The van der Waals surface area contributed by atoms with E-state index in [1.54, 1.807) is 18.4 Å². The fraction of sp³-hybridized carbons (Fsp3) is 0.333. The van der Waals surface area contributed by atoms with Crippen LogP contribution in [-0.4, -0.2) is 23.1 Å². The van der Waals surface area contributed by atoms with Crippen LogP contribution in [0.1, 0.15) is 24.4 Å². The summed E-state index contributed by atoms with van der Waals surface area (Å²) in [6, 6.07) is 11.1. The summed E-state index contributed by atoms with van der Waals surface area (Å²) in [7, 11) is 0. The second-order valence-corrected chi connectivity index (χ2v) is 4.91. The Morgan fingerprint density at radius 3 is 2.58 bits per heavy atom. The molecule has 2 aromatic rings. The maximum Gasteiger partial charge on any atom is 0.117 e. The molecule has 19 heavy (non-hydrogen) atoms. The van der Waals surface area contributed by atoms with E-state index < -0.39 is 6.10 Å². The maximum absolute atomic E-state index is 10.2. The van der Waals surface area contributed by atoms with Crippen LogP contribution in [0.2, 0.25) is 5.02 Å². The van der Waals surface area contributed by atoms with Gasteiger partial charge in [-0.3, -0.25) is 4.90 Å². The van der Waals surface area contributed by atoms with Gasteiger partial charge in [0.2, 0.25) is 0 Å². The first-order valence-electron chi connectivity index (χ1n) is 6.37. The van der Waals surface area contributed by atoms with Crippen LogP contribution in [0.5, 0.6) is 0 Å². The molecule has 0 aliphatic heterocycles. The van der Waals surface area contributed by atoms with Crippen LogP contribution in [0.4, 0.5) is 0 Å². The predicted molar refractivity (Wildman–Crippen MR) is 76.1 cm³/mol. The molecule has 0 saturated carbocycles. The largest absolute Gasteiger partial charge is 0.468 e. The average Bonchev–Trinajstić information content (AvgIpc) is 2.91. The molecule has 0 spiro atoms. The SMILES string of the molecule is CCN(Cc1ccco1)CC(O)c1ccc(Cl)cc1. The first kappa shape index (κ1) is 14.1. The first-order valence-corrected chi connectivity index (χ1v) is 6.75. The minimum absolute atomic E-state index is 0.521. The lowest BCUT2D eigenvalue weighted by Gasteiger charge is -2.22. The molecule has 1 N–H and O–H groups in total. The number of hydrogen-bond acceptors (Lipinski definition) is 3. The molecular formula is C15H18ClNO2. The number of aliphatic hydroxyl groups is 1. The van der Waals surface area contributed by atoms with Crippen molar-refractivity contribution in [2.45, 2.75) is 19.6 Å². The molecule has 1 aromatic carbocycles. The second-order valence-electron chi connectivity index (χ2n) is 4.47. The van der Waals surface area contributed by atoms with Gasteiger partial charge in [0, 0.05) is 11.6 Å². The third-order valence-electron chi connectivity index (χ3n) is 3.09. The van der Waals surface area contributed by atoms with E-state index in [0.717, 1.165) is 17.9 Å². The standard InChI is InChI=1S/C15H18ClNO2/c1-2-17(10-14-4-3-9-19-14)11-15(18)12-5-7-13(16)8-6-12/h3-9,15,18H,2,10-11H2,1H3. The Hall–Kier alpha value is -1.29. The number of halogens is 1. The quantitative estimate of drug-likeness (QED) is 0.879. The summed E-state index contributed by atoms with van der Waals surface area (Å²) in [6.45, 7) is 4.19. The van der Waals surface area contributed by atoms with Crippen molar-refractivity contribution < 1.29 is 9.52 Å². The van der Waals surface area contributed by atoms with Crippen molar-refractivity contribution in [3.8, 4) is 0 Å². The zero-order valence-electron chi connectivity index (χ0n) is 10.9. The van der Waals surface area contributed by atoms with E-state index in [4.69, 9.17) is 16.0 Å². The minimum atomic E-state index is -0.521. The van der Waals surface area contributed by atoms with Crippen molar-refractivity contribution in [2.24, 2.45) is 0 Å². The van der Waals surface area contributed by atoms with Crippen molar-refractivity contribution in [3.05, 3.63) is 59.0 Å². The molecule has 0 bridgehead atoms. The van der Waals surface area contributed by atoms with E-state index in [2.05, 4.69) is 11.8 Å². The minimum Gasteiger partial charge on any atom is -0.468 e. The highest BCUT2D eigenvalue weighted by molar-refractivity contribution is 6.30. The molecule has 102 valence electrons. The molecule has 0 radical (unpaired) electrons. The van der Waals surface area contributed by atoms with Gasteiger partial charge in [-0.25, -0.2) is 0 Å². The second kappa shape index (κ2) is 6.75. The molecule has 4 heteroatoms. The zero-order chi connectivity index (χ0) is 13.7. The Bertz CT molecular complexity index is 481. The van der Waals surface area contributed by atoms with Crippen LogP contribution in [-0.2, 0) is 6.54 Å². The fourth-order valence-corrected chi connectivity index (χ4v) is 2.09. The van der Waals surface area contributed by atoms with Gasteiger partial charge in [0.05, 0.1) is 18.9 Å². The van der Waals surface area contributed by atoms with Gasteiger partial charge in [0.25, 0.3) is 0 Å². The number of furan rings is 1. The summed E-state index contributed by atoms with van der Waals surface area (Å²) < 4.78 is 5.33. The summed E-state index contributed by atoms with van der Waals surface area (Å²) in [5.41, 5.74) is 0.877. The van der Waals surface area contributed by atoms with Gasteiger partial charge in [0.15, 0.2) is 0 Å². The summed E-state index contributed by atoms with van der Waals surface area (Å²) in [6.07, 6.45) is 1.14. The van der Waals surface area contributed by atoms with Crippen molar-refractivity contribution >= 4 is 11.6 Å². The van der Waals surface area contributed by atoms with Crippen LogP contribution in [0.15, 0.2) is 47.1 Å². The third-order valence-corrected chi connectivity index (χ3v) is 3.34. The molecule has 1 unspecified atom stereocenters. The van der Waals surface area contributed by atoms with Crippen LogP contribution < -0.4 is 0 Å². The Morgan fingerprint density at radius 1 is 1.26 bits per heavy atom. The van der Waals surface area contributed by atoms with Gasteiger partial charge >= 0.3 is 0 Å². The number of hydrogen-bond donors (Lipinski definition) is 1. The summed E-state index contributed by atoms with van der Waals surface area (Å²) >= 11 is 5.84. The summed E-state index contributed by atoms with van der Waals surface area (Å²) in [5.74, 6) is 0.908. The van der Waals surface area contributed by atoms with Gasteiger partial charge in [-0.2, -0.15) is 0 Å². The Labute approximate surface area is 118 Å². The van der Waals surface area contributed by atoms with Gasteiger partial charge in [-0.1, -0.05) is 30.7 Å². The maximum atomic E-state index is 10.2. The van der Waals surface area contributed by atoms with E-state index in [1.165, 1.54) is 0 Å². The average molecular weight is 280 g/mol. The number of nitrogens with zero attached hydrogens (tertiary/aromatic N) is 1. The lowest BCUT2D eigenvalue weighted by molar-refractivity contribution is 0.108. The van der Waals surface area contributed by atoms with Crippen molar-refractivity contribution in [2.75, 3.05) is 13.1 Å². The van der Waals surface area contributed by atoms with Gasteiger partial charge in [0.1, 0.15) is 5.76 Å². The van der Waals surface area contributed by atoms with E-state index >= 15 is 0 Å².